The Bertz CT molecular complexity index is 363. The number of nitrogens with zero attached hydrogens (tertiary/aromatic N) is 2. The molecule has 4 aliphatic rings. The van der Waals surface area contributed by atoms with E-state index in [1.54, 1.807) is 0 Å². The van der Waals surface area contributed by atoms with Gasteiger partial charge in [0, 0.05) is 38.8 Å². The maximum absolute atomic E-state index is 6.16. The van der Waals surface area contributed by atoms with E-state index in [0.29, 0.717) is 11.5 Å². The lowest BCUT2D eigenvalue weighted by Crippen LogP contribution is -2.60. The second-order valence-electron chi connectivity index (χ2n) is 7.46. The Morgan fingerprint density at radius 3 is 2.62 bits per heavy atom. The van der Waals surface area contributed by atoms with Gasteiger partial charge in [0.25, 0.3) is 0 Å². The quantitative estimate of drug-likeness (QED) is 0.624. The van der Waals surface area contributed by atoms with Gasteiger partial charge in [0.1, 0.15) is 6.23 Å². The molecule has 0 amide bonds. The van der Waals surface area contributed by atoms with Gasteiger partial charge < -0.3 is 10.1 Å². The fourth-order valence-corrected chi connectivity index (χ4v) is 4.67. The highest BCUT2D eigenvalue weighted by molar-refractivity contribution is 4.93. The van der Waals surface area contributed by atoms with Crippen LogP contribution in [0.1, 0.15) is 38.5 Å². The number of nitrogens with one attached hydrogen (secondary N) is 2. The van der Waals surface area contributed by atoms with E-state index < -0.39 is 0 Å². The van der Waals surface area contributed by atoms with Crippen molar-refractivity contribution < 1.29 is 4.74 Å². The normalized spacial score (nSPS) is 40.7. The van der Waals surface area contributed by atoms with Crippen molar-refractivity contribution in [1.29, 1.82) is 0 Å². The Morgan fingerprint density at radius 2 is 1.86 bits per heavy atom. The van der Waals surface area contributed by atoms with Gasteiger partial charge in [0.15, 0.2) is 0 Å². The minimum absolute atomic E-state index is 0.0929. The molecular formula is C15H29N5O. The SMILES string of the molecule is NN1CC2NCC(NN3CCC4(CCCC4)CC3)OC2C1. The minimum atomic E-state index is 0.0929. The van der Waals surface area contributed by atoms with Crippen LogP contribution in [0.5, 0.6) is 0 Å². The van der Waals surface area contributed by atoms with Crippen LogP contribution < -0.4 is 16.6 Å². The summed E-state index contributed by atoms with van der Waals surface area (Å²) in [4.78, 5) is 0. The van der Waals surface area contributed by atoms with Crippen molar-refractivity contribution >= 4 is 0 Å². The van der Waals surface area contributed by atoms with Gasteiger partial charge in [-0.1, -0.05) is 12.8 Å². The number of morpholine rings is 1. The van der Waals surface area contributed by atoms with Crippen LogP contribution in [0.15, 0.2) is 0 Å². The molecule has 3 heterocycles. The maximum atomic E-state index is 6.16. The van der Waals surface area contributed by atoms with E-state index in [1.807, 2.05) is 5.01 Å². The first-order valence-electron chi connectivity index (χ1n) is 8.62. The van der Waals surface area contributed by atoms with Crippen LogP contribution >= 0.6 is 0 Å². The average Bonchev–Trinajstić information content (AvgIpc) is 3.07. The largest absolute Gasteiger partial charge is 0.354 e. The van der Waals surface area contributed by atoms with E-state index in [2.05, 4.69) is 15.8 Å². The topological polar surface area (TPSA) is 65.8 Å². The van der Waals surface area contributed by atoms with Crippen LogP contribution in [0.2, 0.25) is 0 Å². The Morgan fingerprint density at radius 1 is 1.10 bits per heavy atom. The van der Waals surface area contributed by atoms with Crippen molar-refractivity contribution in [3.8, 4) is 0 Å². The third-order valence-electron chi connectivity index (χ3n) is 6.01. The molecular weight excluding hydrogens is 266 g/mol. The molecule has 0 bridgehead atoms. The van der Waals surface area contributed by atoms with Crippen LogP contribution in [0.25, 0.3) is 0 Å². The predicted molar refractivity (Wildman–Crippen MR) is 81.1 cm³/mol. The Hall–Kier alpha value is -0.240. The zero-order chi connectivity index (χ0) is 14.3. The molecule has 3 atom stereocenters. The van der Waals surface area contributed by atoms with Gasteiger partial charge in [-0.05, 0) is 31.1 Å². The number of nitrogens with two attached hydrogens (primary N) is 1. The Kier molecular flexibility index (Phi) is 3.94. The molecule has 1 spiro atoms. The molecule has 1 aliphatic carbocycles. The van der Waals surface area contributed by atoms with Gasteiger partial charge in [-0.25, -0.2) is 15.4 Å². The summed E-state index contributed by atoms with van der Waals surface area (Å²) in [5.41, 5.74) is 4.26. The number of rotatable bonds is 2. The molecule has 3 aliphatic heterocycles. The minimum Gasteiger partial charge on any atom is -0.354 e. The summed E-state index contributed by atoms with van der Waals surface area (Å²) in [6.45, 7) is 4.92. The van der Waals surface area contributed by atoms with E-state index in [1.165, 1.54) is 38.5 Å². The first-order valence-corrected chi connectivity index (χ1v) is 8.62. The van der Waals surface area contributed by atoms with E-state index >= 15 is 0 Å². The second kappa shape index (κ2) is 5.76. The van der Waals surface area contributed by atoms with Gasteiger partial charge in [0.2, 0.25) is 0 Å². The molecule has 4 fully saturated rings. The van der Waals surface area contributed by atoms with Crippen molar-refractivity contribution in [1.82, 2.24) is 20.8 Å². The van der Waals surface area contributed by atoms with Crippen LogP contribution in [0, 0.1) is 5.41 Å². The molecule has 120 valence electrons. The predicted octanol–water partition coefficient (Wildman–Crippen LogP) is 0.0196. The summed E-state index contributed by atoms with van der Waals surface area (Å²) in [7, 11) is 0. The molecule has 6 nitrogen and oxygen atoms in total. The number of hydrazine groups is 2. The monoisotopic (exact) mass is 295 g/mol. The summed E-state index contributed by atoms with van der Waals surface area (Å²) in [5, 5.41) is 7.80. The first kappa shape index (κ1) is 14.4. The lowest BCUT2D eigenvalue weighted by molar-refractivity contribution is -0.102. The van der Waals surface area contributed by atoms with Gasteiger partial charge in [-0.15, -0.1) is 0 Å². The summed E-state index contributed by atoms with van der Waals surface area (Å²) in [6, 6.07) is 0.399. The fourth-order valence-electron chi connectivity index (χ4n) is 4.67. The van der Waals surface area contributed by atoms with Crippen molar-refractivity contribution in [2.75, 3.05) is 32.7 Å². The van der Waals surface area contributed by atoms with Gasteiger partial charge in [-0.2, -0.15) is 0 Å². The zero-order valence-electron chi connectivity index (χ0n) is 12.9. The third kappa shape index (κ3) is 2.98. The molecule has 1 saturated carbocycles. The number of ether oxygens (including phenoxy) is 1. The number of piperidine rings is 1. The molecule has 6 heteroatoms. The van der Waals surface area contributed by atoms with Crippen LogP contribution in [0.4, 0.5) is 0 Å². The van der Waals surface area contributed by atoms with Crippen LogP contribution in [0.3, 0.4) is 0 Å². The highest BCUT2D eigenvalue weighted by Gasteiger charge is 2.40. The van der Waals surface area contributed by atoms with E-state index in [9.17, 15) is 0 Å². The standard InChI is InChI=1S/C15H29N5O/c16-19-10-12-13(11-19)21-14(9-17-12)18-20-7-5-15(6-8-20)3-1-2-4-15/h12-14,17-18H,1-11,16H2. The highest BCUT2D eigenvalue weighted by Crippen LogP contribution is 2.45. The highest BCUT2D eigenvalue weighted by atomic mass is 16.5. The summed E-state index contributed by atoms with van der Waals surface area (Å²) in [5.74, 6) is 5.87. The van der Waals surface area contributed by atoms with E-state index in [-0.39, 0.29) is 12.3 Å². The number of hydrogen-bond acceptors (Lipinski definition) is 6. The molecule has 21 heavy (non-hydrogen) atoms. The van der Waals surface area contributed by atoms with E-state index in [4.69, 9.17) is 10.6 Å². The summed E-state index contributed by atoms with van der Waals surface area (Å²) >= 11 is 0. The van der Waals surface area contributed by atoms with Gasteiger partial charge in [0.05, 0.1) is 6.10 Å². The van der Waals surface area contributed by atoms with Crippen LogP contribution in [-0.4, -0.2) is 61.1 Å². The number of hydrogen-bond donors (Lipinski definition) is 3. The molecule has 3 saturated heterocycles. The van der Waals surface area contributed by atoms with Gasteiger partial charge >= 0.3 is 0 Å². The third-order valence-corrected chi connectivity index (χ3v) is 6.01. The van der Waals surface area contributed by atoms with Crippen molar-refractivity contribution in [3.63, 3.8) is 0 Å². The lowest BCUT2D eigenvalue weighted by Gasteiger charge is -2.42. The molecule has 3 unspecified atom stereocenters. The molecule has 0 aromatic heterocycles. The number of fused-ring (bicyclic) bond motifs is 1. The smallest absolute Gasteiger partial charge is 0.133 e. The zero-order valence-corrected chi connectivity index (χ0v) is 12.9. The average molecular weight is 295 g/mol. The Labute approximate surface area is 127 Å². The molecule has 0 aromatic rings. The van der Waals surface area contributed by atoms with Gasteiger partial charge in [-0.3, -0.25) is 5.84 Å². The first-order chi connectivity index (χ1) is 10.2. The Balaban J connectivity index is 1.26. The fraction of sp³-hybridized carbons (Fsp3) is 1.00. The summed E-state index contributed by atoms with van der Waals surface area (Å²) < 4.78 is 6.16. The molecule has 0 radical (unpaired) electrons. The van der Waals surface area contributed by atoms with Crippen molar-refractivity contribution in [2.45, 2.75) is 56.9 Å². The lowest BCUT2D eigenvalue weighted by atomic mass is 9.77. The maximum Gasteiger partial charge on any atom is 0.133 e. The molecule has 4 rings (SSSR count). The molecule has 4 N–H and O–H groups in total. The van der Waals surface area contributed by atoms with Crippen molar-refractivity contribution in [2.24, 2.45) is 11.3 Å². The second-order valence-corrected chi connectivity index (χ2v) is 7.46. The van der Waals surface area contributed by atoms with Crippen LogP contribution in [-0.2, 0) is 4.74 Å². The van der Waals surface area contributed by atoms with E-state index in [0.717, 1.165) is 32.7 Å². The molecule has 0 aromatic carbocycles. The van der Waals surface area contributed by atoms with Crippen molar-refractivity contribution in [3.05, 3.63) is 0 Å². The summed E-state index contributed by atoms with van der Waals surface area (Å²) in [6.07, 6.45) is 8.83.